The Morgan fingerprint density at radius 3 is 2.73 bits per heavy atom. The first-order chi connectivity index (χ1) is 12.6. The third kappa shape index (κ3) is 3.20. The van der Waals surface area contributed by atoms with Crippen LogP contribution in [-0.2, 0) is 0 Å². The lowest BCUT2D eigenvalue weighted by Crippen LogP contribution is -2.31. The molecule has 1 aliphatic rings. The van der Waals surface area contributed by atoms with Crippen molar-refractivity contribution in [2.45, 2.75) is 18.9 Å². The Balaban J connectivity index is 1.61. The Hall–Kier alpha value is -2.37. The lowest BCUT2D eigenvalue weighted by atomic mass is 10.1. The highest BCUT2D eigenvalue weighted by Crippen LogP contribution is 2.34. The zero-order chi connectivity index (χ0) is 18.1. The number of nitrogens with zero attached hydrogens (tertiary/aromatic N) is 3. The van der Waals surface area contributed by atoms with Crippen LogP contribution < -0.4 is 0 Å². The fourth-order valence-electron chi connectivity index (χ4n) is 3.16. The molecule has 1 atom stereocenters. The van der Waals surface area contributed by atoms with Crippen LogP contribution in [0.25, 0.3) is 11.4 Å². The second-order valence-corrected chi connectivity index (χ2v) is 6.95. The number of aromatic nitrogens is 2. The minimum absolute atomic E-state index is 0.159. The van der Waals surface area contributed by atoms with Gasteiger partial charge in [-0.25, -0.2) is 0 Å². The van der Waals surface area contributed by atoms with Gasteiger partial charge in [-0.15, -0.1) is 0 Å². The van der Waals surface area contributed by atoms with Crippen LogP contribution in [-0.4, -0.2) is 27.5 Å². The molecule has 4 rings (SSSR count). The molecule has 1 saturated heterocycles. The van der Waals surface area contributed by atoms with Crippen LogP contribution in [0.1, 0.15) is 35.1 Å². The molecule has 7 heteroatoms. The molecule has 1 fully saturated rings. The first-order valence-electron chi connectivity index (χ1n) is 8.28. The van der Waals surface area contributed by atoms with Crippen LogP contribution in [0.4, 0.5) is 0 Å². The topological polar surface area (TPSA) is 59.2 Å². The van der Waals surface area contributed by atoms with E-state index in [0.717, 1.165) is 18.4 Å². The van der Waals surface area contributed by atoms with Gasteiger partial charge in [0, 0.05) is 17.1 Å². The van der Waals surface area contributed by atoms with E-state index < -0.39 is 0 Å². The van der Waals surface area contributed by atoms with Gasteiger partial charge in [-0.05, 0) is 31.0 Å². The van der Waals surface area contributed by atoms with Crippen LogP contribution in [0.15, 0.2) is 53.1 Å². The number of likely N-dealkylation sites (tertiary alicyclic amines) is 1. The maximum Gasteiger partial charge on any atom is 0.256 e. The molecule has 0 unspecified atom stereocenters. The van der Waals surface area contributed by atoms with E-state index in [1.54, 1.807) is 23.1 Å². The van der Waals surface area contributed by atoms with E-state index in [9.17, 15) is 4.79 Å². The molecular formula is C19H15Cl2N3O2. The monoisotopic (exact) mass is 387 g/mol. The zero-order valence-corrected chi connectivity index (χ0v) is 15.2. The third-order valence-corrected chi connectivity index (χ3v) is 4.98. The van der Waals surface area contributed by atoms with Crippen molar-refractivity contribution in [3.8, 4) is 11.4 Å². The molecule has 0 spiro atoms. The molecular weight excluding hydrogens is 373 g/mol. The molecule has 5 nitrogen and oxygen atoms in total. The van der Waals surface area contributed by atoms with Crippen molar-refractivity contribution in [2.75, 3.05) is 6.54 Å². The summed E-state index contributed by atoms with van der Waals surface area (Å²) in [7, 11) is 0. The zero-order valence-electron chi connectivity index (χ0n) is 13.7. The highest BCUT2D eigenvalue weighted by Gasteiger charge is 2.35. The van der Waals surface area contributed by atoms with Crippen LogP contribution >= 0.6 is 23.2 Å². The molecule has 0 bridgehead atoms. The number of rotatable bonds is 3. The van der Waals surface area contributed by atoms with Crippen molar-refractivity contribution in [3.05, 3.63) is 70.0 Å². The van der Waals surface area contributed by atoms with E-state index in [2.05, 4.69) is 10.1 Å². The van der Waals surface area contributed by atoms with E-state index in [-0.39, 0.29) is 11.9 Å². The molecule has 26 heavy (non-hydrogen) atoms. The largest absolute Gasteiger partial charge is 0.337 e. The summed E-state index contributed by atoms with van der Waals surface area (Å²) in [5.74, 6) is 0.804. The second kappa shape index (κ2) is 7.09. The Morgan fingerprint density at radius 1 is 1.15 bits per heavy atom. The summed E-state index contributed by atoms with van der Waals surface area (Å²) in [6, 6.07) is 14.2. The van der Waals surface area contributed by atoms with Crippen molar-refractivity contribution < 1.29 is 9.32 Å². The molecule has 2 aromatic carbocycles. The fraction of sp³-hybridized carbons (Fsp3) is 0.211. The van der Waals surface area contributed by atoms with Gasteiger partial charge in [0.1, 0.15) is 6.04 Å². The van der Waals surface area contributed by atoms with E-state index in [0.29, 0.717) is 33.9 Å². The quantitative estimate of drug-likeness (QED) is 0.632. The standard InChI is InChI=1S/C19H15Cl2N3O2/c20-13-8-9-14(15(21)11-13)19(25)24-10-4-7-16(24)18-22-17(23-26-18)12-5-2-1-3-6-12/h1-3,5-6,8-9,11,16H,4,7,10H2/t16-/m1/s1. The first-order valence-corrected chi connectivity index (χ1v) is 9.04. The summed E-state index contributed by atoms with van der Waals surface area (Å²) in [6.07, 6.45) is 1.64. The van der Waals surface area contributed by atoms with Gasteiger partial charge < -0.3 is 9.42 Å². The fourth-order valence-corrected chi connectivity index (χ4v) is 3.65. The molecule has 0 saturated carbocycles. The van der Waals surface area contributed by atoms with Crippen molar-refractivity contribution in [1.82, 2.24) is 15.0 Å². The predicted octanol–water partition coefficient (Wildman–Crippen LogP) is 5.02. The second-order valence-electron chi connectivity index (χ2n) is 6.10. The van der Waals surface area contributed by atoms with Crippen molar-refractivity contribution in [2.24, 2.45) is 0 Å². The van der Waals surface area contributed by atoms with Gasteiger partial charge in [-0.3, -0.25) is 4.79 Å². The Bertz CT molecular complexity index is 943. The smallest absolute Gasteiger partial charge is 0.256 e. The third-order valence-electron chi connectivity index (χ3n) is 4.43. The van der Waals surface area contributed by atoms with Gasteiger partial charge in [0.2, 0.25) is 11.7 Å². The molecule has 1 amide bonds. The molecule has 132 valence electrons. The highest BCUT2D eigenvalue weighted by molar-refractivity contribution is 6.36. The van der Waals surface area contributed by atoms with Crippen LogP contribution in [0.5, 0.6) is 0 Å². The van der Waals surface area contributed by atoms with Crippen molar-refractivity contribution in [3.63, 3.8) is 0 Å². The minimum atomic E-state index is -0.251. The molecule has 1 aromatic heterocycles. The number of benzene rings is 2. The minimum Gasteiger partial charge on any atom is -0.337 e. The maximum absolute atomic E-state index is 12.9. The Morgan fingerprint density at radius 2 is 1.96 bits per heavy atom. The lowest BCUT2D eigenvalue weighted by Gasteiger charge is -2.22. The van der Waals surface area contributed by atoms with Crippen molar-refractivity contribution >= 4 is 29.1 Å². The molecule has 0 radical (unpaired) electrons. The normalized spacial score (nSPS) is 16.8. The first kappa shape index (κ1) is 17.1. The maximum atomic E-state index is 12.9. The summed E-state index contributed by atoms with van der Waals surface area (Å²) in [6.45, 7) is 0.617. The Labute approximate surface area is 160 Å². The van der Waals surface area contributed by atoms with Gasteiger partial charge >= 0.3 is 0 Å². The van der Waals surface area contributed by atoms with Gasteiger partial charge in [0.25, 0.3) is 5.91 Å². The molecule has 2 heterocycles. The van der Waals surface area contributed by atoms with Crippen molar-refractivity contribution in [1.29, 1.82) is 0 Å². The van der Waals surface area contributed by atoms with Gasteiger partial charge in [-0.1, -0.05) is 58.7 Å². The Kier molecular flexibility index (Phi) is 4.66. The number of hydrogen-bond acceptors (Lipinski definition) is 4. The SMILES string of the molecule is O=C(c1ccc(Cl)cc1Cl)N1CCC[C@@H]1c1nc(-c2ccccc2)no1. The van der Waals surface area contributed by atoms with Crippen LogP contribution in [0, 0.1) is 0 Å². The summed E-state index contributed by atoms with van der Waals surface area (Å²) in [4.78, 5) is 19.2. The number of amides is 1. The van der Waals surface area contributed by atoms with Gasteiger partial charge in [0.05, 0.1) is 10.6 Å². The van der Waals surface area contributed by atoms with Crippen LogP contribution in [0.3, 0.4) is 0 Å². The summed E-state index contributed by atoms with van der Waals surface area (Å²) in [5.41, 5.74) is 1.30. The summed E-state index contributed by atoms with van der Waals surface area (Å²) >= 11 is 12.1. The van der Waals surface area contributed by atoms with E-state index in [4.69, 9.17) is 27.7 Å². The van der Waals surface area contributed by atoms with E-state index in [1.807, 2.05) is 30.3 Å². The summed E-state index contributed by atoms with van der Waals surface area (Å²) < 4.78 is 5.46. The van der Waals surface area contributed by atoms with E-state index in [1.165, 1.54) is 0 Å². The highest BCUT2D eigenvalue weighted by atomic mass is 35.5. The predicted molar refractivity (Wildman–Crippen MR) is 99.2 cm³/mol. The number of hydrogen-bond donors (Lipinski definition) is 0. The average Bonchev–Trinajstić information content (AvgIpc) is 3.31. The molecule has 3 aromatic rings. The molecule has 0 N–H and O–H groups in total. The number of carbonyl (C=O) groups is 1. The average molecular weight is 388 g/mol. The van der Waals surface area contributed by atoms with Gasteiger partial charge in [0.15, 0.2) is 0 Å². The lowest BCUT2D eigenvalue weighted by molar-refractivity contribution is 0.0710. The van der Waals surface area contributed by atoms with Gasteiger partial charge in [-0.2, -0.15) is 4.98 Å². The number of carbonyl (C=O) groups excluding carboxylic acids is 1. The molecule has 0 aliphatic carbocycles. The van der Waals surface area contributed by atoms with E-state index >= 15 is 0 Å². The summed E-state index contributed by atoms with van der Waals surface area (Å²) in [5, 5.41) is 4.89. The molecule has 1 aliphatic heterocycles. The van der Waals surface area contributed by atoms with Crippen LogP contribution in [0.2, 0.25) is 10.0 Å². The number of halogens is 2.